The van der Waals surface area contributed by atoms with E-state index in [1.807, 2.05) is 43.8 Å². The van der Waals surface area contributed by atoms with Crippen LogP contribution in [0.1, 0.15) is 18.4 Å². The molecule has 1 aliphatic carbocycles. The van der Waals surface area contributed by atoms with Gasteiger partial charge in [0.25, 0.3) is 0 Å². The van der Waals surface area contributed by atoms with Crippen LogP contribution in [0.4, 0.5) is 0 Å². The number of nitrogens with zero attached hydrogens (tertiary/aromatic N) is 3. The Kier molecular flexibility index (Phi) is 4.68. The van der Waals surface area contributed by atoms with Crippen molar-refractivity contribution in [2.45, 2.75) is 25.5 Å². The molecule has 4 rings (SSSR count). The molecule has 1 saturated heterocycles. The zero-order chi connectivity index (χ0) is 17.2. The largest absolute Gasteiger partial charge is 0.497 e. The van der Waals surface area contributed by atoms with Crippen LogP contribution in [0.15, 0.2) is 36.7 Å². The van der Waals surface area contributed by atoms with Gasteiger partial charge in [-0.2, -0.15) is 0 Å². The van der Waals surface area contributed by atoms with Crippen LogP contribution in [0.25, 0.3) is 11.4 Å². The smallest absolute Gasteiger partial charge is 0.159 e. The fraction of sp³-hybridized carbons (Fsp3) is 0.500. The van der Waals surface area contributed by atoms with E-state index in [-0.39, 0.29) is 0 Å². The fourth-order valence-corrected chi connectivity index (χ4v) is 4.37. The second-order valence-corrected chi connectivity index (χ2v) is 7.14. The van der Waals surface area contributed by atoms with E-state index in [4.69, 9.17) is 9.47 Å². The molecule has 1 aliphatic heterocycles. The van der Waals surface area contributed by atoms with Gasteiger partial charge in [0.1, 0.15) is 5.75 Å². The first-order chi connectivity index (χ1) is 12.3. The Bertz CT molecular complexity index is 688. The number of ether oxygens (including phenoxy) is 2. The number of likely N-dealkylation sites (tertiary alicyclic amines) is 1. The van der Waals surface area contributed by atoms with E-state index in [9.17, 15) is 0 Å². The van der Waals surface area contributed by atoms with Crippen molar-refractivity contribution in [3.8, 4) is 17.1 Å². The summed E-state index contributed by atoms with van der Waals surface area (Å²) < 4.78 is 10.9. The number of benzene rings is 1. The standard InChI is InChI=1S/C20H25N3O2/c1-24-18-7-5-15(6-8-18)20-21-9-14(10-22-20)11-23-12-16-3-4-17(13-23)19(16)25-2/h5-10,16-17,19H,3-4,11-13H2,1-2H3/t16-,17+,19?. The number of fused-ring (bicyclic) bond motifs is 2. The summed E-state index contributed by atoms with van der Waals surface area (Å²) in [5, 5.41) is 0. The topological polar surface area (TPSA) is 47.5 Å². The number of piperidine rings is 1. The number of aromatic nitrogens is 2. The molecular weight excluding hydrogens is 314 g/mol. The maximum atomic E-state index is 5.70. The molecule has 0 N–H and O–H groups in total. The van der Waals surface area contributed by atoms with Crippen LogP contribution in [0, 0.1) is 11.8 Å². The molecule has 1 unspecified atom stereocenters. The summed E-state index contributed by atoms with van der Waals surface area (Å²) in [6.45, 7) is 3.16. The van der Waals surface area contributed by atoms with Crippen molar-refractivity contribution in [2.75, 3.05) is 27.3 Å². The molecule has 0 spiro atoms. The van der Waals surface area contributed by atoms with Crippen LogP contribution in [-0.4, -0.2) is 48.3 Å². The van der Waals surface area contributed by atoms with E-state index in [0.717, 1.165) is 36.8 Å². The maximum Gasteiger partial charge on any atom is 0.159 e. The van der Waals surface area contributed by atoms with E-state index < -0.39 is 0 Å². The van der Waals surface area contributed by atoms with Gasteiger partial charge in [0, 0.05) is 50.3 Å². The highest BCUT2D eigenvalue weighted by Crippen LogP contribution is 2.38. The summed E-state index contributed by atoms with van der Waals surface area (Å²) in [4.78, 5) is 11.6. The molecular formula is C20H25N3O2. The SMILES string of the molecule is COc1ccc(-c2ncc(CN3C[C@H]4CC[C@@H](C3)C4OC)cn2)cc1. The van der Waals surface area contributed by atoms with Crippen molar-refractivity contribution in [1.29, 1.82) is 0 Å². The third kappa shape index (κ3) is 3.39. The van der Waals surface area contributed by atoms with Gasteiger partial charge in [0.2, 0.25) is 0 Å². The van der Waals surface area contributed by atoms with Crippen LogP contribution >= 0.6 is 0 Å². The van der Waals surface area contributed by atoms with Crippen LogP contribution in [0.3, 0.4) is 0 Å². The molecule has 132 valence electrons. The van der Waals surface area contributed by atoms with Gasteiger partial charge in [-0.05, 0) is 48.9 Å². The third-order valence-electron chi connectivity index (χ3n) is 5.55. The van der Waals surface area contributed by atoms with E-state index in [1.54, 1.807) is 7.11 Å². The predicted octanol–water partition coefficient (Wildman–Crippen LogP) is 3.01. The molecule has 25 heavy (non-hydrogen) atoms. The van der Waals surface area contributed by atoms with Crippen LogP contribution in [-0.2, 0) is 11.3 Å². The first-order valence-electron chi connectivity index (χ1n) is 8.97. The number of hydrogen-bond donors (Lipinski definition) is 0. The highest BCUT2D eigenvalue weighted by molar-refractivity contribution is 5.55. The number of methoxy groups -OCH3 is 2. The summed E-state index contributed by atoms with van der Waals surface area (Å²) in [5.74, 6) is 2.96. The van der Waals surface area contributed by atoms with Gasteiger partial charge in [0.15, 0.2) is 5.82 Å². The highest BCUT2D eigenvalue weighted by atomic mass is 16.5. The summed E-state index contributed by atoms with van der Waals surface area (Å²) >= 11 is 0. The molecule has 1 aromatic heterocycles. The number of hydrogen-bond acceptors (Lipinski definition) is 5. The molecule has 2 fully saturated rings. The van der Waals surface area contributed by atoms with Crippen molar-refractivity contribution in [2.24, 2.45) is 11.8 Å². The van der Waals surface area contributed by atoms with Crippen molar-refractivity contribution < 1.29 is 9.47 Å². The first-order valence-corrected chi connectivity index (χ1v) is 8.97. The van der Waals surface area contributed by atoms with Crippen molar-refractivity contribution in [3.63, 3.8) is 0 Å². The van der Waals surface area contributed by atoms with Gasteiger partial charge in [-0.15, -0.1) is 0 Å². The molecule has 5 heteroatoms. The second-order valence-electron chi connectivity index (χ2n) is 7.14. The molecule has 1 aromatic carbocycles. The Hall–Kier alpha value is -1.98. The monoisotopic (exact) mass is 339 g/mol. The fourth-order valence-electron chi connectivity index (χ4n) is 4.37. The lowest BCUT2D eigenvalue weighted by Crippen LogP contribution is -2.45. The lowest BCUT2D eigenvalue weighted by atomic mass is 9.94. The van der Waals surface area contributed by atoms with E-state index >= 15 is 0 Å². The third-order valence-corrected chi connectivity index (χ3v) is 5.55. The zero-order valence-corrected chi connectivity index (χ0v) is 14.9. The van der Waals surface area contributed by atoms with E-state index in [0.29, 0.717) is 17.9 Å². The lowest BCUT2D eigenvalue weighted by molar-refractivity contribution is -0.0180. The molecule has 2 aliphatic rings. The minimum atomic E-state index is 0.463. The molecule has 2 bridgehead atoms. The molecule has 0 amide bonds. The zero-order valence-electron chi connectivity index (χ0n) is 14.9. The summed E-state index contributed by atoms with van der Waals surface area (Å²) in [5.41, 5.74) is 2.18. The van der Waals surface area contributed by atoms with Crippen LogP contribution in [0.5, 0.6) is 5.75 Å². The summed E-state index contributed by atoms with van der Waals surface area (Å²) in [6, 6.07) is 7.84. The molecule has 5 nitrogen and oxygen atoms in total. The average molecular weight is 339 g/mol. The quantitative estimate of drug-likeness (QED) is 0.838. The summed E-state index contributed by atoms with van der Waals surface area (Å²) in [6.07, 6.45) is 6.97. The van der Waals surface area contributed by atoms with Crippen molar-refractivity contribution >= 4 is 0 Å². The van der Waals surface area contributed by atoms with Gasteiger partial charge < -0.3 is 9.47 Å². The Morgan fingerprint density at radius 2 is 1.64 bits per heavy atom. The Morgan fingerprint density at radius 3 is 2.20 bits per heavy atom. The van der Waals surface area contributed by atoms with Gasteiger partial charge in [-0.1, -0.05) is 0 Å². The maximum absolute atomic E-state index is 5.70. The van der Waals surface area contributed by atoms with Gasteiger partial charge in [-0.3, -0.25) is 4.90 Å². The molecule has 1 saturated carbocycles. The van der Waals surface area contributed by atoms with E-state index in [1.165, 1.54) is 18.4 Å². The normalized spacial score (nSPS) is 25.9. The van der Waals surface area contributed by atoms with Gasteiger partial charge in [0.05, 0.1) is 13.2 Å². The second kappa shape index (κ2) is 7.10. The summed E-state index contributed by atoms with van der Waals surface area (Å²) in [7, 11) is 3.53. The number of rotatable bonds is 5. The molecule has 2 heterocycles. The van der Waals surface area contributed by atoms with Crippen molar-refractivity contribution in [1.82, 2.24) is 14.9 Å². The van der Waals surface area contributed by atoms with Gasteiger partial charge in [-0.25, -0.2) is 9.97 Å². The minimum Gasteiger partial charge on any atom is -0.497 e. The average Bonchev–Trinajstić information content (AvgIpc) is 2.91. The molecule has 2 aromatic rings. The van der Waals surface area contributed by atoms with E-state index in [2.05, 4.69) is 14.9 Å². The molecule has 3 atom stereocenters. The Morgan fingerprint density at radius 1 is 1.00 bits per heavy atom. The first kappa shape index (κ1) is 16.5. The highest BCUT2D eigenvalue weighted by Gasteiger charge is 2.41. The Balaban J connectivity index is 1.41. The van der Waals surface area contributed by atoms with Crippen LogP contribution < -0.4 is 4.74 Å². The lowest BCUT2D eigenvalue weighted by Gasteiger charge is -2.37. The minimum absolute atomic E-state index is 0.463. The van der Waals surface area contributed by atoms with Crippen molar-refractivity contribution in [3.05, 3.63) is 42.2 Å². The Labute approximate surface area is 149 Å². The van der Waals surface area contributed by atoms with Gasteiger partial charge >= 0.3 is 0 Å². The van der Waals surface area contributed by atoms with Crippen LogP contribution in [0.2, 0.25) is 0 Å². The predicted molar refractivity (Wildman–Crippen MR) is 96.3 cm³/mol. The molecule has 0 radical (unpaired) electrons.